The molecule has 1 aromatic carbocycles. The third-order valence-electron chi connectivity index (χ3n) is 7.77. The minimum Gasteiger partial charge on any atom is -0.342 e. The normalized spacial score (nSPS) is 23.3. The molecule has 0 unspecified atom stereocenters. The van der Waals surface area contributed by atoms with Crippen molar-refractivity contribution in [1.29, 1.82) is 0 Å². The molecule has 2 fully saturated rings. The summed E-state index contributed by atoms with van der Waals surface area (Å²) in [7, 11) is -1.98. The van der Waals surface area contributed by atoms with E-state index < -0.39 is 51.4 Å². The Balaban J connectivity index is 1.66. The van der Waals surface area contributed by atoms with Gasteiger partial charge in [-0.25, -0.2) is 13.4 Å². The number of hydrogen-bond donors (Lipinski definition) is 3. The molecule has 39 heavy (non-hydrogen) atoms. The highest BCUT2D eigenvalue weighted by Crippen LogP contribution is 2.39. The summed E-state index contributed by atoms with van der Waals surface area (Å²) in [5, 5.41) is 10.3. The lowest BCUT2D eigenvalue weighted by Gasteiger charge is -2.37. The number of benzene rings is 1. The van der Waals surface area contributed by atoms with Crippen LogP contribution in [0.1, 0.15) is 34.1 Å². The summed E-state index contributed by atoms with van der Waals surface area (Å²) in [4.78, 5) is 46.4. The van der Waals surface area contributed by atoms with Gasteiger partial charge in [-0.05, 0) is 37.3 Å². The van der Waals surface area contributed by atoms with Gasteiger partial charge in [-0.1, -0.05) is 45.0 Å². The number of fused-ring (bicyclic) bond motifs is 2. The number of likely N-dealkylation sites (tertiary alicyclic amines) is 1. The lowest BCUT2D eigenvalue weighted by Crippen LogP contribution is -2.59. The van der Waals surface area contributed by atoms with Crippen LogP contribution in [0.3, 0.4) is 0 Å². The maximum Gasteiger partial charge on any atom is 0.246 e. The van der Waals surface area contributed by atoms with Crippen LogP contribution in [0.25, 0.3) is 10.8 Å². The molecule has 2 aromatic rings. The Morgan fingerprint density at radius 2 is 1.82 bits per heavy atom. The molecule has 12 heteroatoms. The predicted octanol–water partition coefficient (Wildman–Crippen LogP) is 1.17. The second kappa shape index (κ2) is 10.8. The number of amides is 3. The molecular formula is C27H38N6O5S. The van der Waals surface area contributed by atoms with Gasteiger partial charge in [0.15, 0.2) is 0 Å². The zero-order valence-corrected chi connectivity index (χ0v) is 24.1. The first-order valence-electron chi connectivity index (χ1n) is 13.1. The molecule has 0 radical (unpaired) electrons. The quantitative estimate of drug-likeness (QED) is 0.463. The van der Waals surface area contributed by atoms with Crippen LogP contribution in [0.5, 0.6) is 0 Å². The average Bonchev–Trinajstić information content (AvgIpc) is 3.46. The largest absolute Gasteiger partial charge is 0.342 e. The van der Waals surface area contributed by atoms with E-state index in [4.69, 9.17) is 0 Å². The standard InChI is InChI=1S/C27H38N6O5S/c1-16(28-5)24(34)30-22(27(2,3)4)26(36)32-14-12-20-21(32)19(15-33(20)39(6,37)38)25(35)31-23-18-10-8-7-9-17(18)11-13-29-23/h7-11,13,16,19-22,28H,12,14-15H2,1-6H3,(H,30,34)(H,29,31,35)/t16-,19-,20+,21+,22+/m0/s1. The summed E-state index contributed by atoms with van der Waals surface area (Å²) in [5.41, 5.74) is -0.627. The van der Waals surface area contributed by atoms with E-state index in [1.807, 2.05) is 51.1 Å². The summed E-state index contributed by atoms with van der Waals surface area (Å²) in [5.74, 6) is -1.49. The third-order valence-corrected chi connectivity index (χ3v) is 9.04. The fourth-order valence-electron chi connectivity index (χ4n) is 5.55. The van der Waals surface area contributed by atoms with Gasteiger partial charge in [-0.3, -0.25) is 14.4 Å². The molecule has 2 saturated heterocycles. The van der Waals surface area contributed by atoms with Gasteiger partial charge in [0.1, 0.15) is 11.9 Å². The first-order valence-corrected chi connectivity index (χ1v) is 15.0. The van der Waals surface area contributed by atoms with Crippen LogP contribution in [-0.2, 0) is 24.4 Å². The maximum atomic E-state index is 14.0. The molecule has 3 amide bonds. The van der Waals surface area contributed by atoms with Crippen LogP contribution < -0.4 is 16.0 Å². The van der Waals surface area contributed by atoms with E-state index in [2.05, 4.69) is 20.9 Å². The number of rotatable bonds is 7. The molecule has 5 atom stereocenters. The smallest absolute Gasteiger partial charge is 0.246 e. The van der Waals surface area contributed by atoms with Crippen molar-refractivity contribution < 1.29 is 22.8 Å². The van der Waals surface area contributed by atoms with Gasteiger partial charge in [-0.2, -0.15) is 4.31 Å². The first-order chi connectivity index (χ1) is 18.2. The number of carbonyl (C=O) groups excluding carboxylic acids is 3. The Hall–Kier alpha value is -3.09. The summed E-state index contributed by atoms with van der Waals surface area (Å²) >= 11 is 0. The Bertz CT molecular complexity index is 1370. The number of nitrogens with zero attached hydrogens (tertiary/aromatic N) is 3. The molecule has 3 N–H and O–H groups in total. The molecule has 11 nitrogen and oxygen atoms in total. The molecule has 2 aliphatic heterocycles. The Morgan fingerprint density at radius 1 is 1.13 bits per heavy atom. The number of hydrogen-bond acceptors (Lipinski definition) is 7. The van der Waals surface area contributed by atoms with Crippen LogP contribution in [0, 0.1) is 11.3 Å². The number of nitrogens with one attached hydrogen (secondary N) is 3. The fourth-order valence-corrected chi connectivity index (χ4v) is 6.71. The van der Waals surface area contributed by atoms with Crippen molar-refractivity contribution >= 4 is 44.3 Å². The van der Waals surface area contributed by atoms with Crippen LogP contribution >= 0.6 is 0 Å². The van der Waals surface area contributed by atoms with Crippen molar-refractivity contribution in [2.24, 2.45) is 11.3 Å². The van der Waals surface area contributed by atoms with Gasteiger partial charge < -0.3 is 20.9 Å². The second-order valence-electron chi connectivity index (χ2n) is 11.5. The number of aromatic nitrogens is 1. The van der Waals surface area contributed by atoms with E-state index in [0.29, 0.717) is 12.2 Å². The van der Waals surface area contributed by atoms with Gasteiger partial charge in [0.25, 0.3) is 0 Å². The molecule has 4 rings (SSSR count). The molecule has 1 aromatic heterocycles. The van der Waals surface area contributed by atoms with E-state index in [1.165, 1.54) is 4.31 Å². The van der Waals surface area contributed by atoms with Gasteiger partial charge in [0.2, 0.25) is 27.7 Å². The molecule has 0 bridgehead atoms. The number of anilines is 1. The highest BCUT2D eigenvalue weighted by Gasteiger charge is 2.56. The summed E-state index contributed by atoms with van der Waals surface area (Å²) < 4.78 is 26.8. The van der Waals surface area contributed by atoms with Crippen molar-refractivity contribution in [1.82, 2.24) is 24.8 Å². The maximum absolute atomic E-state index is 14.0. The van der Waals surface area contributed by atoms with Crippen molar-refractivity contribution in [2.45, 2.75) is 58.3 Å². The Kier molecular flexibility index (Phi) is 8.02. The highest BCUT2D eigenvalue weighted by molar-refractivity contribution is 7.88. The minimum atomic E-state index is -3.64. The highest BCUT2D eigenvalue weighted by atomic mass is 32.2. The van der Waals surface area contributed by atoms with Crippen molar-refractivity contribution in [3.05, 3.63) is 36.5 Å². The number of pyridine rings is 1. The van der Waals surface area contributed by atoms with Crippen LogP contribution in [-0.4, -0.2) is 90.9 Å². The van der Waals surface area contributed by atoms with E-state index in [0.717, 1.165) is 17.0 Å². The summed E-state index contributed by atoms with van der Waals surface area (Å²) in [6.07, 6.45) is 3.13. The second-order valence-corrected chi connectivity index (χ2v) is 13.4. The Labute approximate surface area is 229 Å². The number of carbonyl (C=O) groups is 3. The zero-order valence-electron chi connectivity index (χ0n) is 23.3. The van der Waals surface area contributed by atoms with Crippen molar-refractivity contribution in [3.63, 3.8) is 0 Å². The van der Waals surface area contributed by atoms with E-state index in [-0.39, 0.29) is 24.9 Å². The number of sulfonamides is 1. The number of likely N-dealkylation sites (N-methyl/N-ethyl adjacent to an activating group) is 1. The van der Waals surface area contributed by atoms with E-state index in [1.54, 1.807) is 25.1 Å². The Morgan fingerprint density at radius 3 is 2.46 bits per heavy atom. The van der Waals surface area contributed by atoms with Gasteiger partial charge in [-0.15, -0.1) is 0 Å². The lowest BCUT2D eigenvalue weighted by molar-refractivity contribution is -0.141. The van der Waals surface area contributed by atoms with Gasteiger partial charge in [0.05, 0.1) is 24.3 Å². The van der Waals surface area contributed by atoms with Gasteiger partial charge >= 0.3 is 0 Å². The molecule has 0 spiro atoms. The third kappa shape index (κ3) is 5.78. The van der Waals surface area contributed by atoms with E-state index >= 15 is 0 Å². The monoisotopic (exact) mass is 558 g/mol. The van der Waals surface area contributed by atoms with Crippen LogP contribution in [0.2, 0.25) is 0 Å². The lowest BCUT2D eigenvalue weighted by atomic mass is 9.85. The molecule has 0 aliphatic carbocycles. The molecule has 0 saturated carbocycles. The van der Waals surface area contributed by atoms with Gasteiger partial charge in [0, 0.05) is 30.7 Å². The van der Waals surface area contributed by atoms with Crippen molar-refractivity contribution in [3.8, 4) is 0 Å². The predicted molar refractivity (Wildman–Crippen MR) is 149 cm³/mol. The molecule has 2 aliphatic rings. The summed E-state index contributed by atoms with van der Waals surface area (Å²) in [6.45, 7) is 7.52. The van der Waals surface area contributed by atoms with Crippen molar-refractivity contribution in [2.75, 3.05) is 31.7 Å². The molecular weight excluding hydrogens is 520 g/mol. The topological polar surface area (TPSA) is 141 Å². The minimum absolute atomic E-state index is 0.0438. The fraction of sp³-hybridized carbons (Fsp3) is 0.556. The van der Waals surface area contributed by atoms with E-state index in [9.17, 15) is 22.8 Å². The molecule has 3 heterocycles. The average molecular weight is 559 g/mol. The summed E-state index contributed by atoms with van der Waals surface area (Å²) in [6, 6.07) is 6.77. The zero-order chi connectivity index (χ0) is 28.7. The van der Waals surface area contributed by atoms with Crippen LogP contribution in [0.4, 0.5) is 5.82 Å². The van der Waals surface area contributed by atoms with Crippen LogP contribution in [0.15, 0.2) is 36.5 Å². The molecule has 212 valence electrons. The SMILES string of the molecule is CN[C@@H](C)C(=O)N[C@H](C(=O)N1CC[C@@H]2[C@H]1[C@@H](C(=O)Nc1nccc3ccccc13)CN2S(C)(=O)=O)C(C)(C)C. The first kappa shape index (κ1) is 28.9.